The van der Waals surface area contributed by atoms with Crippen molar-refractivity contribution in [2.45, 2.75) is 229 Å². The molecule has 4 N–H and O–H groups in total. The third-order valence-corrected chi connectivity index (χ3v) is 16.5. The largest absolute Gasteiger partial charge is 0.490 e. The molecule has 1 aliphatic heterocycles. The fourth-order valence-electron chi connectivity index (χ4n) is 11.0. The van der Waals surface area contributed by atoms with Crippen LogP contribution < -0.4 is 21.3 Å². The molecule has 1 saturated heterocycles. The third-order valence-electron chi connectivity index (χ3n) is 16.5. The van der Waals surface area contributed by atoms with Crippen LogP contribution in [0.4, 0.5) is 13.2 Å². The molecule has 0 spiro atoms. The van der Waals surface area contributed by atoms with Crippen molar-refractivity contribution in [2.24, 2.45) is 41.4 Å². The lowest BCUT2D eigenvalue weighted by Crippen LogP contribution is -2.64. The smallest absolute Gasteiger partial charge is 0.453 e. The number of ether oxygens (including phenoxy) is 1. The molecule has 0 radical (unpaired) electrons. The quantitative estimate of drug-likeness (QED) is 0.123. The van der Waals surface area contributed by atoms with Crippen LogP contribution in [0.15, 0.2) is 12.2 Å². The van der Waals surface area contributed by atoms with Gasteiger partial charge >= 0.3 is 12.1 Å². The first-order valence-electron chi connectivity index (χ1n) is 31.8. The van der Waals surface area contributed by atoms with Gasteiger partial charge in [0, 0.05) is 49.3 Å². The number of nitrogens with one attached hydrogen (secondary N) is 4. The summed E-state index contributed by atoms with van der Waals surface area (Å²) < 4.78 is 48.0. The maximum atomic E-state index is 15.4. The van der Waals surface area contributed by atoms with Gasteiger partial charge in [-0.25, -0.2) is 4.79 Å². The number of carbonyl (C=O) groups is 12. The van der Waals surface area contributed by atoms with Crippen LogP contribution in [0.5, 0.6) is 0 Å². The minimum Gasteiger partial charge on any atom is -0.453 e. The number of hydrogen-bond acceptors (Lipinski definition) is 13. The summed E-state index contributed by atoms with van der Waals surface area (Å²) in [6.07, 6.45) is -4.52. The van der Waals surface area contributed by atoms with Crippen LogP contribution in [0, 0.1) is 41.4 Å². The van der Waals surface area contributed by atoms with Crippen LogP contribution in [0.3, 0.4) is 0 Å². The molecule has 12 atom stereocenters. The molecule has 1 rings (SSSR count). The molecule has 0 aliphatic carbocycles. The summed E-state index contributed by atoms with van der Waals surface area (Å²) in [5.41, 5.74) is 0. The number of alkyl halides is 3. The highest BCUT2D eigenvalue weighted by molar-refractivity contribution is 5.99. The summed E-state index contributed by atoms with van der Waals surface area (Å²) in [6, 6.07) is -14.0. The molecule has 0 aromatic heterocycles. The monoisotopic (exact) mass is 1300 g/mol. The predicted molar refractivity (Wildman–Crippen MR) is 338 cm³/mol. The Balaban J connectivity index is 4.52. The van der Waals surface area contributed by atoms with Gasteiger partial charge in [-0.2, -0.15) is 13.2 Å². The summed E-state index contributed by atoms with van der Waals surface area (Å²) in [5.74, 6) is -15.1. The highest BCUT2D eigenvalue weighted by Gasteiger charge is 2.50. The van der Waals surface area contributed by atoms with Gasteiger partial charge in [0.15, 0.2) is 0 Å². The van der Waals surface area contributed by atoms with Gasteiger partial charge in [-0.1, -0.05) is 109 Å². The summed E-state index contributed by atoms with van der Waals surface area (Å²) in [7, 11) is 9.10. The first kappa shape index (κ1) is 82.2. The molecule has 1 heterocycles. The first-order valence-corrected chi connectivity index (χ1v) is 31.8. The minimum atomic E-state index is -5.58. The van der Waals surface area contributed by atoms with Crippen LogP contribution in [0.25, 0.3) is 0 Å². The summed E-state index contributed by atoms with van der Waals surface area (Å²) in [5, 5.41) is 10.6. The van der Waals surface area contributed by atoms with Gasteiger partial charge < -0.3 is 60.3 Å². The Bertz CT molecular complexity index is 2560. The summed E-state index contributed by atoms with van der Waals surface area (Å²) in [6.45, 7) is 27.6. The number of halogens is 3. The standard InChI is InChI=1S/C64H110F3N11O13/c1-25-27-28-40(15)52(91-63(90)64(65,66)67)51-56(83)70-43(26-2)58(85)72(18)33-48(79)73(19)44(29-34(3)4)55(82)71-49(38(11)12)61(88)74(20)45(30-35(5)6)54(81)68-41(16)53(80)69-42(17)57(84)75(21)46(31-36(7)8)59(86)76(22)47(32-37(9)10)60(87)77(23)50(39(13)14)62(89)78(51)24/h25,27,34-47,49-52H,26,28-33H2,1-24H3,(H,68,81)(H,69,80)(H,70,83)(H,71,82)/b27-25+/t40-,41+,42-,43+,44+,45+,46+,47+,49+,50+,51+,52-/m1/s1. The molecule has 1 fully saturated rings. The Morgan fingerprint density at radius 2 is 0.923 bits per heavy atom. The van der Waals surface area contributed by atoms with E-state index in [0.29, 0.717) is 0 Å². The molecule has 0 aromatic carbocycles. The van der Waals surface area contributed by atoms with E-state index in [1.807, 2.05) is 27.7 Å². The lowest BCUT2D eigenvalue weighted by molar-refractivity contribution is -0.210. The number of amides is 11. The Morgan fingerprint density at radius 1 is 0.505 bits per heavy atom. The van der Waals surface area contributed by atoms with E-state index in [2.05, 4.69) is 21.3 Å². The van der Waals surface area contributed by atoms with Gasteiger partial charge in [0.05, 0.1) is 6.54 Å². The zero-order valence-electron chi connectivity index (χ0n) is 58.6. The topological polar surface area (TPSA) is 285 Å². The van der Waals surface area contributed by atoms with Crippen LogP contribution in [-0.4, -0.2) is 234 Å². The second kappa shape index (κ2) is 36.4. The van der Waals surface area contributed by atoms with E-state index in [1.54, 1.807) is 74.5 Å². The van der Waals surface area contributed by atoms with E-state index in [-0.39, 0.29) is 62.2 Å². The maximum absolute atomic E-state index is 15.4. The molecule has 0 aromatic rings. The van der Waals surface area contributed by atoms with Gasteiger partial charge in [0.1, 0.15) is 66.5 Å². The van der Waals surface area contributed by atoms with Crippen molar-refractivity contribution in [3.63, 3.8) is 0 Å². The lowest BCUT2D eigenvalue weighted by atomic mass is 9.91. The number of likely N-dealkylation sites (N-methyl/N-ethyl adjacent to an activating group) is 7. The van der Waals surface area contributed by atoms with Gasteiger partial charge in [-0.3, -0.25) is 52.7 Å². The predicted octanol–water partition coefficient (Wildman–Crippen LogP) is 4.38. The molecule has 520 valence electrons. The van der Waals surface area contributed by atoms with Gasteiger partial charge in [-0.05, 0) is 101 Å². The summed E-state index contributed by atoms with van der Waals surface area (Å²) in [4.78, 5) is 182. The third kappa shape index (κ3) is 23.4. The first-order chi connectivity index (χ1) is 41.8. The molecule has 11 amide bonds. The Morgan fingerprint density at radius 3 is 1.36 bits per heavy atom. The van der Waals surface area contributed by atoms with Crippen molar-refractivity contribution in [3.05, 3.63) is 12.2 Å². The van der Waals surface area contributed by atoms with Crippen molar-refractivity contribution in [3.8, 4) is 0 Å². The number of carbonyl (C=O) groups excluding carboxylic acids is 12. The molecule has 0 saturated carbocycles. The van der Waals surface area contributed by atoms with E-state index < -0.39 is 168 Å². The molecule has 27 heteroatoms. The van der Waals surface area contributed by atoms with Crippen molar-refractivity contribution in [2.75, 3.05) is 55.9 Å². The summed E-state index contributed by atoms with van der Waals surface area (Å²) >= 11 is 0. The average molecular weight is 1300 g/mol. The number of hydrogen-bond donors (Lipinski definition) is 4. The molecule has 0 unspecified atom stereocenters. The molecule has 91 heavy (non-hydrogen) atoms. The van der Waals surface area contributed by atoms with Crippen molar-refractivity contribution in [1.82, 2.24) is 55.6 Å². The number of esters is 1. The van der Waals surface area contributed by atoms with Crippen molar-refractivity contribution in [1.29, 1.82) is 0 Å². The Hall–Kier alpha value is -6.83. The van der Waals surface area contributed by atoms with E-state index in [4.69, 9.17) is 4.74 Å². The van der Waals surface area contributed by atoms with Gasteiger partial charge in [0.2, 0.25) is 65.0 Å². The zero-order valence-corrected chi connectivity index (χ0v) is 58.6. The van der Waals surface area contributed by atoms with E-state index >= 15 is 19.2 Å². The second-order valence-electron chi connectivity index (χ2n) is 27.0. The van der Waals surface area contributed by atoms with Crippen LogP contribution in [0.1, 0.15) is 156 Å². The minimum absolute atomic E-state index is 0.0158. The number of rotatable bonds is 16. The van der Waals surface area contributed by atoms with Crippen molar-refractivity contribution < 1.29 is 75.4 Å². The van der Waals surface area contributed by atoms with Gasteiger partial charge in [-0.15, -0.1) is 0 Å². The SMILES string of the molecule is C/C=C/C[C@@H](C)[C@@H](OC(=O)C(F)(F)F)[C@H]1C(=O)N[C@@H](CC)C(=O)N(C)CC(=O)N(C)[C@@H](CC(C)C)C(=O)N[C@@H](C(C)C)C(=O)N(C)[C@@H](CC(C)C)C(=O)N[C@@H](C)C(=O)N[C@H](C)C(=O)N(C)[C@@H](CC(C)C)C(=O)N(C)[C@@H](CC(C)C)C(=O)N(C)[C@@H](C(C)C)C(=O)N1C. The molecular formula is C64H110F3N11O13. The average Bonchev–Trinajstić information content (AvgIpc) is 1.72. The lowest BCUT2D eigenvalue weighted by Gasteiger charge is -2.42. The molecule has 0 bridgehead atoms. The van der Waals surface area contributed by atoms with Gasteiger partial charge in [0.25, 0.3) is 0 Å². The normalized spacial score (nSPS) is 26.0. The van der Waals surface area contributed by atoms with Crippen LogP contribution >= 0.6 is 0 Å². The van der Waals surface area contributed by atoms with Crippen molar-refractivity contribution >= 4 is 70.9 Å². The number of allylic oxidation sites excluding steroid dienone is 2. The van der Waals surface area contributed by atoms with Crippen LogP contribution in [0.2, 0.25) is 0 Å². The molecule has 24 nitrogen and oxygen atoms in total. The Labute approximate surface area is 538 Å². The zero-order chi connectivity index (χ0) is 70.8. The fraction of sp³-hybridized carbons (Fsp3) is 0.781. The van der Waals surface area contributed by atoms with E-state index in [9.17, 15) is 51.5 Å². The maximum Gasteiger partial charge on any atom is 0.490 e. The van der Waals surface area contributed by atoms with E-state index in [1.165, 1.54) is 79.8 Å². The Kier molecular flexibility index (Phi) is 32.9. The van der Waals surface area contributed by atoms with E-state index in [0.717, 1.165) is 31.5 Å². The fourth-order valence-corrected chi connectivity index (χ4v) is 11.0. The number of nitrogens with zero attached hydrogens (tertiary/aromatic N) is 7. The molecule has 1 aliphatic rings. The second-order valence-corrected chi connectivity index (χ2v) is 27.0. The molecular weight excluding hydrogens is 1190 g/mol. The highest BCUT2D eigenvalue weighted by atomic mass is 19.4. The van der Waals surface area contributed by atoms with Crippen LogP contribution in [-0.2, 0) is 62.3 Å². The highest BCUT2D eigenvalue weighted by Crippen LogP contribution is 2.29.